The third kappa shape index (κ3) is 4.82. The molecule has 0 radical (unpaired) electrons. The summed E-state index contributed by atoms with van der Waals surface area (Å²) in [5.41, 5.74) is -1.28. The zero-order valence-electron chi connectivity index (χ0n) is 12.7. The summed E-state index contributed by atoms with van der Waals surface area (Å²) in [6, 6.07) is 2.67. The van der Waals surface area contributed by atoms with Crippen molar-refractivity contribution < 1.29 is 31.4 Å². The Morgan fingerprint density at radius 3 is 2.50 bits per heavy atom. The van der Waals surface area contributed by atoms with Gasteiger partial charge in [0.25, 0.3) is 0 Å². The minimum absolute atomic E-state index is 0.0111. The first-order valence-electron chi connectivity index (χ1n) is 7.33. The molecule has 4 N–H and O–H groups in total. The fourth-order valence-corrected chi connectivity index (χ4v) is 3.34. The molecule has 1 aliphatic rings. The number of sulfonamides is 1. The Morgan fingerprint density at radius 2 is 1.96 bits per heavy atom. The average molecular weight is 368 g/mol. The molecule has 24 heavy (non-hydrogen) atoms. The second-order valence-corrected chi connectivity index (χ2v) is 7.18. The smallest absolute Gasteiger partial charge is 0.391 e. The lowest BCUT2D eigenvalue weighted by Gasteiger charge is -2.27. The summed E-state index contributed by atoms with van der Waals surface area (Å²) in [5.74, 6) is 0.0111. The van der Waals surface area contributed by atoms with Gasteiger partial charge in [0.2, 0.25) is 10.0 Å². The molecule has 6 nitrogen and oxygen atoms in total. The van der Waals surface area contributed by atoms with Crippen LogP contribution in [0.1, 0.15) is 18.4 Å². The van der Waals surface area contributed by atoms with Gasteiger partial charge in [0.1, 0.15) is 0 Å². The van der Waals surface area contributed by atoms with Crippen LogP contribution in [0.2, 0.25) is 0 Å². The highest BCUT2D eigenvalue weighted by Gasteiger charge is 2.36. The van der Waals surface area contributed by atoms with Crippen molar-refractivity contribution in [2.24, 2.45) is 11.1 Å². The SMILES string of the molecule is NS(=O)(=O)c1ccc(NCC(O)C2CCOCC2)cc1C(F)(F)F. The molecule has 0 aromatic heterocycles. The van der Waals surface area contributed by atoms with Gasteiger partial charge in [-0.05, 0) is 37.0 Å². The van der Waals surface area contributed by atoms with Gasteiger partial charge >= 0.3 is 6.18 Å². The van der Waals surface area contributed by atoms with E-state index in [4.69, 9.17) is 9.88 Å². The summed E-state index contributed by atoms with van der Waals surface area (Å²) >= 11 is 0. The molecule has 1 aromatic rings. The largest absolute Gasteiger partial charge is 0.417 e. The van der Waals surface area contributed by atoms with Crippen molar-refractivity contribution in [3.8, 4) is 0 Å². The molecule has 136 valence electrons. The number of hydrogen-bond donors (Lipinski definition) is 3. The van der Waals surface area contributed by atoms with Gasteiger partial charge in [-0.25, -0.2) is 13.6 Å². The van der Waals surface area contributed by atoms with E-state index in [1.165, 1.54) is 6.07 Å². The predicted octanol–water partition coefficient (Wildman–Crippen LogP) is 1.55. The number of nitrogens with one attached hydrogen (secondary N) is 1. The van der Waals surface area contributed by atoms with Crippen molar-refractivity contribution in [3.63, 3.8) is 0 Å². The molecule has 0 saturated carbocycles. The van der Waals surface area contributed by atoms with Gasteiger partial charge < -0.3 is 15.2 Å². The van der Waals surface area contributed by atoms with Crippen LogP contribution in [0, 0.1) is 5.92 Å². The number of nitrogens with two attached hydrogens (primary N) is 1. The minimum Gasteiger partial charge on any atom is -0.391 e. The van der Waals surface area contributed by atoms with E-state index in [9.17, 15) is 26.7 Å². The van der Waals surface area contributed by atoms with Gasteiger partial charge in [0, 0.05) is 25.4 Å². The molecule has 1 aliphatic heterocycles. The van der Waals surface area contributed by atoms with Crippen molar-refractivity contribution in [2.45, 2.75) is 30.0 Å². The zero-order chi connectivity index (χ0) is 18.0. The van der Waals surface area contributed by atoms with E-state index >= 15 is 0 Å². The molecular weight excluding hydrogens is 349 g/mol. The fourth-order valence-electron chi connectivity index (χ4n) is 2.60. The minimum atomic E-state index is -4.86. The number of alkyl halides is 3. The van der Waals surface area contributed by atoms with E-state index in [2.05, 4.69) is 5.32 Å². The summed E-state index contributed by atoms with van der Waals surface area (Å²) in [5, 5.41) is 17.6. The van der Waals surface area contributed by atoms with E-state index in [0.717, 1.165) is 6.07 Å². The van der Waals surface area contributed by atoms with Crippen LogP contribution in [0.25, 0.3) is 0 Å². The number of benzene rings is 1. The third-order valence-corrected chi connectivity index (χ3v) is 4.89. The van der Waals surface area contributed by atoms with E-state index in [-0.39, 0.29) is 18.2 Å². The van der Waals surface area contributed by atoms with Gasteiger partial charge in [-0.1, -0.05) is 0 Å². The van der Waals surface area contributed by atoms with Gasteiger partial charge in [-0.2, -0.15) is 13.2 Å². The lowest BCUT2D eigenvalue weighted by Crippen LogP contribution is -2.32. The van der Waals surface area contributed by atoms with Crippen molar-refractivity contribution in [3.05, 3.63) is 23.8 Å². The number of primary sulfonamides is 1. The summed E-state index contributed by atoms with van der Waals surface area (Å²) in [6.45, 7) is 1.14. The number of rotatable bonds is 5. The van der Waals surface area contributed by atoms with Crippen molar-refractivity contribution in [2.75, 3.05) is 25.1 Å². The van der Waals surface area contributed by atoms with Crippen LogP contribution >= 0.6 is 0 Å². The van der Waals surface area contributed by atoms with Crippen LogP contribution in [-0.2, 0) is 20.9 Å². The van der Waals surface area contributed by atoms with Gasteiger partial charge in [-0.15, -0.1) is 0 Å². The van der Waals surface area contributed by atoms with Crippen LogP contribution in [0.4, 0.5) is 18.9 Å². The summed E-state index contributed by atoms with van der Waals surface area (Å²) in [6.07, 6.45) is -4.23. The standard InChI is InChI=1S/C14H19F3N2O4S/c15-14(16,17)11-7-10(1-2-13(11)24(18,21)22)19-8-12(20)9-3-5-23-6-4-9/h1-2,7,9,12,19-20H,3-6,8H2,(H2,18,21,22). The molecule has 1 aromatic carbocycles. The Morgan fingerprint density at radius 1 is 1.33 bits per heavy atom. The Labute approximate surface area is 137 Å². The van der Waals surface area contributed by atoms with Gasteiger partial charge in [0.15, 0.2) is 0 Å². The number of aliphatic hydroxyl groups excluding tert-OH is 1. The van der Waals surface area contributed by atoms with Crippen LogP contribution in [0.15, 0.2) is 23.1 Å². The predicted molar refractivity (Wildman–Crippen MR) is 80.9 cm³/mol. The second kappa shape index (κ2) is 7.26. The molecule has 1 saturated heterocycles. The quantitative estimate of drug-likeness (QED) is 0.732. The lowest BCUT2D eigenvalue weighted by molar-refractivity contribution is -0.139. The monoisotopic (exact) mass is 368 g/mol. The van der Waals surface area contributed by atoms with Crippen molar-refractivity contribution in [1.29, 1.82) is 0 Å². The maximum atomic E-state index is 13.0. The van der Waals surface area contributed by atoms with Crippen LogP contribution < -0.4 is 10.5 Å². The van der Waals surface area contributed by atoms with E-state index < -0.39 is 32.8 Å². The first-order chi connectivity index (χ1) is 11.1. The fraction of sp³-hybridized carbons (Fsp3) is 0.571. The molecule has 1 heterocycles. The lowest BCUT2D eigenvalue weighted by atomic mass is 9.94. The number of ether oxygens (including phenoxy) is 1. The topological polar surface area (TPSA) is 102 Å². The maximum Gasteiger partial charge on any atom is 0.417 e. The molecule has 2 rings (SSSR count). The van der Waals surface area contributed by atoms with Crippen LogP contribution in [0.3, 0.4) is 0 Å². The molecular formula is C14H19F3N2O4S. The van der Waals surface area contributed by atoms with Crippen molar-refractivity contribution >= 4 is 15.7 Å². The molecule has 0 aliphatic carbocycles. The van der Waals surface area contributed by atoms with E-state index in [0.29, 0.717) is 32.1 Å². The number of aliphatic hydroxyl groups is 1. The Kier molecular flexibility index (Phi) is 5.74. The summed E-state index contributed by atoms with van der Waals surface area (Å²) in [7, 11) is -4.49. The number of halogens is 3. The zero-order valence-corrected chi connectivity index (χ0v) is 13.5. The molecule has 1 atom stereocenters. The summed E-state index contributed by atoms with van der Waals surface area (Å²) in [4.78, 5) is -0.981. The van der Waals surface area contributed by atoms with Gasteiger partial charge in [0.05, 0.1) is 16.6 Å². The number of anilines is 1. The Bertz CT molecular complexity index is 673. The Balaban J connectivity index is 2.14. The summed E-state index contributed by atoms with van der Waals surface area (Å²) < 4.78 is 66.9. The molecule has 1 fully saturated rings. The highest BCUT2D eigenvalue weighted by molar-refractivity contribution is 7.89. The van der Waals surface area contributed by atoms with Crippen LogP contribution in [0.5, 0.6) is 0 Å². The molecule has 10 heteroatoms. The normalized spacial score (nSPS) is 18.4. The van der Waals surface area contributed by atoms with E-state index in [1.807, 2.05) is 0 Å². The van der Waals surface area contributed by atoms with E-state index in [1.54, 1.807) is 0 Å². The third-order valence-electron chi connectivity index (χ3n) is 3.92. The highest BCUT2D eigenvalue weighted by atomic mass is 32.2. The molecule has 1 unspecified atom stereocenters. The van der Waals surface area contributed by atoms with Gasteiger partial charge in [-0.3, -0.25) is 0 Å². The van der Waals surface area contributed by atoms with Crippen LogP contribution in [-0.4, -0.2) is 39.4 Å². The maximum absolute atomic E-state index is 13.0. The first-order valence-corrected chi connectivity index (χ1v) is 8.87. The molecule has 0 spiro atoms. The first kappa shape index (κ1) is 19.0. The molecule has 0 amide bonds. The second-order valence-electron chi connectivity index (χ2n) is 5.65. The number of hydrogen-bond acceptors (Lipinski definition) is 5. The van der Waals surface area contributed by atoms with Crippen molar-refractivity contribution in [1.82, 2.24) is 0 Å². The average Bonchev–Trinajstić information content (AvgIpc) is 2.51. The highest BCUT2D eigenvalue weighted by Crippen LogP contribution is 2.35. The molecule has 0 bridgehead atoms. The Hall–Kier alpha value is -1.36.